The van der Waals surface area contributed by atoms with E-state index in [0.717, 1.165) is 11.1 Å². The first-order valence-electron chi connectivity index (χ1n) is 13.5. The van der Waals surface area contributed by atoms with Crippen LogP contribution in [0.1, 0.15) is 29.0 Å². The van der Waals surface area contributed by atoms with Crippen molar-refractivity contribution >= 4 is 16.9 Å². The van der Waals surface area contributed by atoms with Crippen LogP contribution in [0.3, 0.4) is 0 Å². The molecule has 1 atom stereocenters. The smallest absolute Gasteiger partial charge is 0.312 e. The van der Waals surface area contributed by atoms with Gasteiger partial charge in [0.15, 0.2) is 23.0 Å². The fourth-order valence-electron chi connectivity index (χ4n) is 5.38. The second-order valence-corrected chi connectivity index (χ2v) is 9.98. The molecule has 6 rings (SSSR count). The minimum absolute atomic E-state index is 0.0125. The molecule has 0 fully saturated rings. The molecule has 43 heavy (non-hydrogen) atoms. The standard InChI is InChI=1S/C34H28O9/c1-38-25-11-9-21(14-27(25)39-2)23-18-42-34-31-22(15-30(36)43-29(31)16-24(35)32(34)33(23)37)20-10-12-26(28(13-20)40-3)41-17-19-7-5-4-6-8-19/h4-14,16,18,22,35H,15,17H2,1-3H3. The molecule has 218 valence electrons. The Morgan fingerprint density at radius 3 is 2.30 bits per heavy atom. The summed E-state index contributed by atoms with van der Waals surface area (Å²) in [7, 11) is 4.56. The normalized spacial score (nSPS) is 14.1. The summed E-state index contributed by atoms with van der Waals surface area (Å²) in [5.41, 5.74) is 2.62. The molecule has 0 bridgehead atoms. The molecule has 5 aromatic rings. The average molecular weight is 581 g/mol. The third-order valence-corrected chi connectivity index (χ3v) is 7.49. The van der Waals surface area contributed by atoms with Crippen molar-refractivity contribution in [3.05, 3.63) is 106 Å². The Labute approximate surface area is 246 Å². The van der Waals surface area contributed by atoms with Crippen molar-refractivity contribution < 1.29 is 38.0 Å². The lowest BCUT2D eigenvalue weighted by Crippen LogP contribution is -2.22. The van der Waals surface area contributed by atoms with Gasteiger partial charge in [-0.1, -0.05) is 42.5 Å². The number of methoxy groups -OCH3 is 3. The maximum atomic E-state index is 13.8. The summed E-state index contributed by atoms with van der Waals surface area (Å²) in [4.78, 5) is 26.5. The molecular formula is C34H28O9. The second-order valence-electron chi connectivity index (χ2n) is 9.98. The number of hydrogen-bond acceptors (Lipinski definition) is 9. The zero-order chi connectivity index (χ0) is 30.1. The largest absolute Gasteiger partial charge is 0.507 e. The van der Waals surface area contributed by atoms with E-state index in [1.165, 1.54) is 26.5 Å². The van der Waals surface area contributed by atoms with Crippen molar-refractivity contribution in [2.75, 3.05) is 21.3 Å². The first-order valence-corrected chi connectivity index (χ1v) is 13.5. The highest BCUT2D eigenvalue weighted by atomic mass is 16.5. The Kier molecular flexibility index (Phi) is 7.38. The Bertz CT molecular complexity index is 1890. The van der Waals surface area contributed by atoms with Crippen LogP contribution < -0.4 is 29.1 Å². The number of aromatic hydroxyl groups is 1. The lowest BCUT2D eigenvalue weighted by atomic mass is 9.84. The first kappa shape index (κ1) is 27.7. The molecule has 0 saturated heterocycles. The minimum Gasteiger partial charge on any atom is -0.507 e. The summed E-state index contributed by atoms with van der Waals surface area (Å²) in [5.74, 6) is 0.688. The molecule has 2 heterocycles. The van der Waals surface area contributed by atoms with E-state index < -0.39 is 17.3 Å². The third kappa shape index (κ3) is 5.10. The fourth-order valence-corrected chi connectivity index (χ4v) is 5.38. The van der Waals surface area contributed by atoms with Gasteiger partial charge in [-0.15, -0.1) is 0 Å². The van der Waals surface area contributed by atoms with Crippen molar-refractivity contribution in [3.8, 4) is 45.6 Å². The van der Waals surface area contributed by atoms with Crippen LogP contribution in [0.5, 0.6) is 34.5 Å². The van der Waals surface area contributed by atoms with Gasteiger partial charge < -0.3 is 33.2 Å². The summed E-state index contributed by atoms with van der Waals surface area (Å²) in [6, 6.07) is 21.5. The van der Waals surface area contributed by atoms with Crippen LogP contribution in [-0.4, -0.2) is 32.4 Å². The highest BCUT2D eigenvalue weighted by Gasteiger charge is 2.34. The number of fused-ring (bicyclic) bond motifs is 3. The number of phenolic OH excluding ortho intramolecular Hbond substituents is 1. The van der Waals surface area contributed by atoms with Crippen LogP contribution in [0, 0.1) is 0 Å². The Morgan fingerprint density at radius 2 is 1.56 bits per heavy atom. The molecule has 0 radical (unpaired) electrons. The monoisotopic (exact) mass is 580 g/mol. The zero-order valence-corrected chi connectivity index (χ0v) is 23.7. The molecule has 0 saturated carbocycles. The summed E-state index contributed by atoms with van der Waals surface area (Å²) >= 11 is 0. The van der Waals surface area contributed by atoms with Gasteiger partial charge in [0, 0.05) is 17.5 Å². The first-order chi connectivity index (χ1) is 20.9. The number of carbonyl (C=O) groups excluding carboxylic acids is 1. The third-order valence-electron chi connectivity index (χ3n) is 7.49. The van der Waals surface area contributed by atoms with Crippen LogP contribution in [0.2, 0.25) is 0 Å². The Hall–Kier alpha value is -5.44. The van der Waals surface area contributed by atoms with Gasteiger partial charge in [0.25, 0.3) is 0 Å². The van der Waals surface area contributed by atoms with E-state index in [0.29, 0.717) is 40.7 Å². The number of ether oxygens (including phenoxy) is 5. The van der Waals surface area contributed by atoms with Gasteiger partial charge in [-0.2, -0.15) is 0 Å². The number of hydrogen-bond donors (Lipinski definition) is 1. The topological polar surface area (TPSA) is 114 Å². The van der Waals surface area contributed by atoms with E-state index in [1.807, 2.05) is 36.4 Å². The van der Waals surface area contributed by atoms with Crippen molar-refractivity contribution in [2.45, 2.75) is 18.9 Å². The maximum absolute atomic E-state index is 13.8. The van der Waals surface area contributed by atoms with E-state index >= 15 is 0 Å². The predicted octanol–water partition coefficient (Wildman–Crippen LogP) is 6.21. The number of phenols is 1. The van der Waals surface area contributed by atoms with E-state index in [9.17, 15) is 14.7 Å². The van der Waals surface area contributed by atoms with Gasteiger partial charge in [-0.05, 0) is 41.0 Å². The number of benzene rings is 4. The van der Waals surface area contributed by atoms with Gasteiger partial charge in [0.1, 0.15) is 35.3 Å². The van der Waals surface area contributed by atoms with E-state index in [-0.39, 0.29) is 34.5 Å². The van der Waals surface area contributed by atoms with Gasteiger partial charge >= 0.3 is 5.97 Å². The van der Waals surface area contributed by atoms with Crippen LogP contribution in [0.4, 0.5) is 0 Å². The van der Waals surface area contributed by atoms with Crippen molar-refractivity contribution in [1.82, 2.24) is 0 Å². The fraction of sp³-hybridized carbons (Fsp3) is 0.176. The van der Waals surface area contributed by atoms with Gasteiger partial charge in [0.05, 0.1) is 33.3 Å². The minimum atomic E-state index is -0.550. The Morgan fingerprint density at radius 1 is 0.837 bits per heavy atom. The molecule has 0 aliphatic carbocycles. The average Bonchev–Trinajstić information content (AvgIpc) is 3.03. The van der Waals surface area contributed by atoms with Crippen LogP contribution in [-0.2, 0) is 11.4 Å². The highest BCUT2D eigenvalue weighted by molar-refractivity contribution is 5.94. The van der Waals surface area contributed by atoms with Crippen molar-refractivity contribution in [2.24, 2.45) is 0 Å². The van der Waals surface area contributed by atoms with E-state index in [2.05, 4.69) is 0 Å². The summed E-state index contributed by atoms with van der Waals surface area (Å²) < 4.78 is 33.9. The van der Waals surface area contributed by atoms with Crippen LogP contribution in [0.25, 0.3) is 22.1 Å². The second kappa shape index (κ2) is 11.4. The lowest BCUT2D eigenvalue weighted by molar-refractivity contribution is -0.135. The highest BCUT2D eigenvalue weighted by Crippen LogP contribution is 2.47. The molecule has 9 nitrogen and oxygen atoms in total. The quantitative estimate of drug-likeness (QED) is 0.169. The molecule has 0 amide bonds. The van der Waals surface area contributed by atoms with E-state index in [1.54, 1.807) is 37.4 Å². The number of esters is 1. The van der Waals surface area contributed by atoms with Crippen molar-refractivity contribution in [1.29, 1.82) is 0 Å². The maximum Gasteiger partial charge on any atom is 0.312 e. The predicted molar refractivity (Wildman–Crippen MR) is 159 cm³/mol. The number of rotatable bonds is 8. The molecule has 1 unspecified atom stereocenters. The van der Waals surface area contributed by atoms with Crippen molar-refractivity contribution in [3.63, 3.8) is 0 Å². The Balaban J connectivity index is 1.44. The number of carbonyl (C=O) groups is 1. The lowest BCUT2D eigenvalue weighted by Gasteiger charge is -2.26. The SMILES string of the molecule is COc1ccc(-c2coc3c4c(cc(O)c3c2=O)OC(=O)CC4c2ccc(OCc3ccccc3)c(OC)c2)cc1OC. The van der Waals surface area contributed by atoms with Crippen LogP contribution >= 0.6 is 0 Å². The molecule has 1 N–H and O–H groups in total. The van der Waals surface area contributed by atoms with Gasteiger partial charge in [0.2, 0.25) is 5.43 Å². The van der Waals surface area contributed by atoms with Gasteiger partial charge in [-0.3, -0.25) is 9.59 Å². The summed E-state index contributed by atoms with van der Waals surface area (Å²) in [6.45, 7) is 0.354. The zero-order valence-electron chi connectivity index (χ0n) is 23.7. The molecule has 1 aliphatic rings. The summed E-state index contributed by atoms with van der Waals surface area (Å²) in [6.07, 6.45) is 1.32. The summed E-state index contributed by atoms with van der Waals surface area (Å²) in [5, 5.41) is 10.9. The molecule has 9 heteroatoms. The van der Waals surface area contributed by atoms with Gasteiger partial charge in [-0.25, -0.2) is 0 Å². The molecule has 0 spiro atoms. The van der Waals surface area contributed by atoms with Crippen LogP contribution in [0.15, 0.2) is 88.3 Å². The molecule has 1 aliphatic heterocycles. The molecule has 1 aromatic heterocycles. The van der Waals surface area contributed by atoms with E-state index in [4.69, 9.17) is 28.1 Å². The molecular weight excluding hydrogens is 552 g/mol. The molecule has 4 aromatic carbocycles.